The van der Waals surface area contributed by atoms with Crippen molar-refractivity contribution in [3.63, 3.8) is 0 Å². The SMILES string of the molecule is CCOc1cc(C2NC(=S)N(C3CC3)C(C)=C2C(=O)Nc2ccc([N+](=O)[O-])cc2)ccc1O. The van der Waals surface area contributed by atoms with Gasteiger partial charge in [0.15, 0.2) is 16.6 Å². The zero-order valence-corrected chi connectivity index (χ0v) is 19.0. The first-order valence-electron chi connectivity index (χ1n) is 10.6. The molecule has 1 saturated carbocycles. The summed E-state index contributed by atoms with van der Waals surface area (Å²) in [6.45, 7) is 4.07. The van der Waals surface area contributed by atoms with Crippen molar-refractivity contribution in [2.75, 3.05) is 11.9 Å². The molecule has 172 valence electrons. The summed E-state index contributed by atoms with van der Waals surface area (Å²) in [6, 6.07) is 10.3. The number of phenols is 1. The molecule has 0 aromatic heterocycles. The first kappa shape index (κ1) is 22.5. The van der Waals surface area contributed by atoms with Crippen LogP contribution in [0.15, 0.2) is 53.7 Å². The van der Waals surface area contributed by atoms with Crippen LogP contribution in [0.5, 0.6) is 11.5 Å². The molecule has 33 heavy (non-hydrogen) atoms. The van der Waals surface area contributed by atoms with E-state index in [1.165, 1.54) is 30.3 Å². The molecule has 1 aliphatic carbocycles. The molecule has 1 aliphatic heterocycles. The Hall–Kier alpha value is -3.66. The largest absolute Gasteiger partial charge is 0.504 e. The Balaban J connectivity index is 1.71. The number of ether oxygens (including phenoxy) is 1. The minimum absolute atomic E-state index is 0.0103. The topological polar surface area (TPSA) is 117 Å². The maximum atomic E-state index is 13.5. The van der Waals surface area contributed by atoms with Gasteiger partial charge in [-0.25, -0.2) is 0 Å². The maximum absolute atomic E-state index is 13.5. The number of allylic oxidation sites excluding steroid dienone is 1. The van der Waals surface area contributed by atoms with Crippen LogP contribution in [0, 0.1) is 10.1 Å². The third-order valence-electron chi connectivity index (χ3n) is 5.64. The Labute approximate surface area is 196 Å². The summed E-state index contributed by atoms with van der Waals surface area (Å²) in [4.78, 5) is 25.9. The van der Waals surface area contributed by atoms with Crippen molar-refractivity contribution in [1.29, 1.82) is 0 Å². The number of carbonyl (C=O) groups is 1. The van der Waals surface area contributed by atoms with Crippen LogP contribution in [0.1, 0.15) is 38.3 Å². The molecule has 4 rings (SSSR count). The summed E-state index contributed by atoms with van der Waals surface area (Å²) in [7, 11) is 0. The maximum Gasteiger partial charge on any atom is 0.269 e. The number of nitro groups is 1. The molecule has 1 fully saturated rings. The number of hydrogen-bond acceptors (Lipinski definition) is 6. The fraction of sp³-hybridized carbons (Fsp3) is 0.304. The summed E-state index contributed by atoms with van der Waals surface area (Å²) in [5, 5.41) is 27.7. The van der Waals surface area contributed by atoms with Gasteiger partial charge in [-0.1, -0.05) is 6.07 Å². The van der Waals surface area contributed by atoms with Crippen LogP contribution >= 0.6 is 12.2 Å². The number of nitrogens with one attached hydrogen (secondary N) is 2. The number of aromatic hydroxyl groups is 1. The van der Waals surface area contributed by atoms with Gasteiger partial charge in [-0.05, 0) is 68.7 Å². The van der Waals surface area contributed by atoms with E-state index >= 15 is 0 Å². The third kappa shape index (κ3) is 4.61. The summed E-state index contributed by atoms with van der Waals surface area (Å²) in [5.74, 6) is -0.0191. The number of thiocarbonyl (C=S) groups is 1. The lowest BCUT2D eigenvalue weighted by Crippen LogP contribution is -2.49. The first-order chi connectivity index (χ1) is 15.8. The zero-order chi connectivity index (χ0) is 23.7. The first-order valence-corrected chi connectivity index (χ1v) is 11.0. The predicted octanol–water partition coefficient (Wildman–Crippen LogP) is 4.01. The molecule has 1 amide bonds. The van der Waals surface area contributed by atoms with Crippen LogP contribution in [-0.4, -0.2) is 38.6 Å². The number of hydrogen-bond donors (Lipinski definition) is 3. The molecule has 3 N–H and O–H groups in total. The average molecular weight is 469 g/mol. The van der Waals surface area contributed by atoms with Crippen molar-refractivity contribution in [2.24, 2.45) is 0 Å². The normalized spacial score (nSPS) is 18.1. The van der Waals surface area contributed by atoms with Gasteiger partial charge in [0.05, 0.1) is 23.1 Å². The van der Waals surface area contributed by atoms with Gasteiger partial charge < -0.3 is 25.4 Å². The van der Waals surface area contributed by atoms with Crippen molar-refractivity contribution < 1.29 is 19.6 Å². The summed E-state index contributed by atoms with van der Waals surface area (Å²) in [6.07, 6.45) is 1.99. The predicted molar refractivity (Wildman–Crippen MR) is 127 cm³/mol. The number of phenolic OH excluding ortho intramolecular Hbond substituents is 1. The van der Waals surface area contributed by atoms with E-state index in [0.717, 1.165) is 18.5 Å². The summed E-state index contributed by atoms with van der Waals surface area (Å²) < 4.78 is 5.52. The lowest BCUT2D eigenvalue weighted by atomic mass is 9.93. The van der Waals surface area contributed by atoms with Crippen molar-refractivity contribution in [3.8, 4) is 11.5 Å². The van der Waals surface area contributed by atoms with Crippen LogP contribution in [0.2, 0.25) is 0 Å². The van der Waals surface area contributed by atoms with Crippen LogP contribution in [0.4, 0.5) is 11.4 Å². The Morgan fingerprint density at radius 1 is 1.30 bits per heavy atom. The van der Waals surface area contributed by atoms with Gasteiger partial charge in [-0.2, -0.15) is 0 Å². The van der Waals surface area contributed by atoms with Crippen molar-refractivity contribution in [2.45, 2.75) is 38.8 Å². The number of non-ortho nitro benzene ring substituents is 1. The molecular formula is C23H24N4O5S. The molecular weight excluding hydrogens is 444 g/mol. The monoisotopic (exact) mass is 468 g/mol. The van der Waals surface area contributed by atoms with Gasteiger partial charge in [0.2, 0.25) is 0 Å². The highest BCUT2D eigenvalue weighted by atomic mass is 32.1. The highest BCUT2D eigenvalue weighted by molar-refractivity contribution is 7.80. The van der Waals surface area contributed by atoms with E-state index in [9.17, 15) is 20.0 Å². The average Bonchev–Trinajstić information content (AvgIpc) is 3.60. The van der Waals surface area contributed by atoms with E-state index in [2.05, 4.69) is 10.6 Å². The van der Waals surface area contributed by atoms with E-state index in [0.29, 0.717) is 34.3 Å². The molecule has 2 aromatic rings. The number of anilines is 1. The van der Waals surface area contributed by atoms with Gasteiger partial charge in [-0.15, -0.1) is 0 Å². The molecule has 0 radical (unpaired) electrons. The van der Waals surface area contributed by atoms with E-state index in [1.807, 2.05) is 18.7 Å². The van der Waals surface area contributed by atoms with E-state index < -0.39 is 11.0 Å². The number of amides is 1. The number of nitrogens with zero attached hydrogens (tertiary/aromatic N) is 2. The zero-order valence-electron chi connectivity index (χ0n) is 18.2. The minimum Gasteiger partial charge on any atom is -0.504 e. The fourth-order valence-corrected chi connectivity index (χ4v) is 4.32. The van der Waals surface area contributed by atoms with Crippen LogP contribution < -0.4 is 15.4 Å². The van der Waals surface area contributed by atoms with Gasteiger partial charge >= 0.3 is 0 Å². The van der Waals surface area contributed by atoms with Gasteiger partial charge in [0.1, 0.15) is 0 Å². The highest BCUT2D eigenvalue weighted by Crippen LogP contribution is 2.39. The Morgan fingerprint density at radius 3 is 2.61 bits per heavy atom. The van der Waals surface area contributed by atoms with Crippen molar-refractivity contribution in [3.05, 3.63) is 69.4 Å². The molecule has 2 aliphatic rings. The van der Waals surface area contributed by atoms with E-state index in [-0.39, 0.29) is 23.4 Å². The molecule has 10 heteroatoms. The second-order valence-electron chi connectivity index (χ2n) is 7.90. The quantitative estimate of drug-likeness (QED) is 0.317. The molecule has 1 heterocycles. The minimum atomic E-state index is -0.564. The van der Waals surface area contributed by atoms with Gasteiger partial charge in [-0.3, -0.25) is 14.9 Å². The smallest absolute Gasteiger partial charge is 0.269 e. The molecule has 0 saturated heterocycles. The standard InChI is InChI=1S/C23H24N4O5S/c1-3-32-19-12-14(4-11-18(19)28)21-20(13(2)26(16-9-10-16)23(33)25-21)22(29)24-15-5-7-17(8-6-15)27(30)31/h4-8,11-12,16,21,28H,3,9-10H2,1-2H3,(H,24,29)(H,25,33). The number of benzene rings is 2. The van der Waals surface area contributed by atoms with Crippen LogP contribution in [0.3, 0.4) is 0 Å². The number of nitro benzene ring substituents is 1. The van der Waals surface area contributed by atoms with Crippen molar-refractivity contribution in [1.82, 2.24) is 10.2 Å². The lowest BCUT2D eigenvalue weighted by Gasteiger charge is -2.38. The van der Waals surface area contributed by atoms with E-state index in [1.54, 1.807) is 12.1 Å². The highest BCUT2D eigenvalue weighted by Gasteiger charge is 2.40. The number of carbonyl (C=O) groups excluding carboxylic acids is 1. The summed E-state index contributed by atoms with van der Waals surface area (Å²) in [5.41, 5.74) is 2.32. The second kappa shape index (κ2) is 9.07. The molecule has 1 atom stereocenters. The molecule has 2 aromatic carbocycles. The Bertz CT molecular complexity index is 1140. The lowest BCUT2D eigenvalue weighted by molar-refractivity contribution is -0.384. The van der Waals surface area contributed by atoms with Gasteiger partial charge in [0, 0.05) is 29.6 Å². The third-order valence-corrected chi connectivity index (χ3v) is 5.95. The van der Waals surface area contributed by atoms with E-state index in [4.69, 9.17) is 17.0 Å². The fourth-order valence-electron chi connectivity index (χ4n) is 3.92. The molecule has 0 bridgehead atoms. The van der Waals surface area contributed by atoms with Crippen LogP contribution in [0.25, 0.3) is 0 Å². The van der Waals surface area contributed by atoms with Gasteiger partial charge in [0.25, 0.3) is 11.6 Å². The van der Waals surface area contributed by atoms with Crippen LogP contribution in [-0.2, 0) is 4.79 Å². The Morgan fingerprint density at radius 2 is 2.00 bits per heavy atom. The van der Waals surface area contributed by atoms with Crippen molar-refractivity contribution >= 4 is 34.6 Å². The Kier molecular flexibility index (Phi) is 6.19. The molecule has 9 nitrogen and oxygen atoms in total. The molecule has 0 spiro atoms. The molecule has 1 unspecified atom stereocenters. The number of rotatable bonds is 7. The summed E-state index contributed by atoms with van der Waals surface area (Å²) >= 11 is 5.62. The second-order valence-corrected chi connectivity index (χ2v) is 8.29.